The van der Waals surface area contributed by atoms with Crippen LogP contribution >= 0.6 is 12.2 Å². The minimum absolute atomic E-state index is 0.857. The van der Waals surface area contributed by atoms with Gasteiger partial charge in [0.1, 0.15) is 0 Å². The first-order chi connectivity index (χ1) is 3.79. The molecule has 0 atom stereocenters. The smallest absolute Gasteiger partial charge is 0.0965 e. The maximum atomic E-state index is 4.84. The summed E-state index contributed by atoms with van der Waals surface area (Å²) >= 11 is 4.84. The van der Waals surface area contributed by atoms with Crippen LogP contribution in [0.5, 0.6) is 0 Å². The Hall–Kier alpha value is -0.440. The van der Waals surface area contributed by atoms with Gasteiger partial charge in [0.2, 0.25) is 0 Å². The number of thiocarbonyl (C=S) groups is 1. The van der Waals surface area contributed by atoms with Crippen LogP contribution in [0.4, 0.5) is 0 Å². The highest BCUT2D eigenvalue weighted by atomic mass is 32.1. The Kier molecular flexibility index (Phi) is 1.58. The molecule has 1 heterocycles. The normalized spacial score (nSPS) is 19.6. The van der Waals surface area contributed by atoms with E-state index in [0.717, 1.165) is 23.5 Å². The monoisotopic (exact) mass is 128 g/mol. The summed E-state index contributed by atoms with van der Waals surface area (Å²) in [5, 5.41) is 3.94. The van der Waals surface area contributed by atoms with Gasteiger partial charge in [0.05, 0.1) is 4.99 Å². The largest absolute Gasteiger partial charge is 0.272 e. The number of hydrogen-bond donors (Lipinski definition) is 1. The summed E-state index contributed by atoms with van der Waals surface area (Å²) in [4.78, 5) is 0.857. The van der Waals surface area contributed by atoms with Gasteiger partial charge in [0.15, 0.2) is 0 Å². The fourth-order valence-corrected chi connectivity index (χ4v) is 0.712. The fourth-order valence-electron chi connectivity index (χ4n) is 0.564. The number of nitrogens with one attached hydrogen (secondary N) is 1. The molecular formula is C5H8N2S. The molecule has 1 aliphatic heterocycles. The average Bonchev–Trinajstić information content (AvgIpc) is 1.77. The molecule has 2 nitrogen and oxygen atoms in total. The van der Waals surface area contributed by atoms with Crippen molar-refractivity contribution < 1.29 is 0 Å². The number of hydrogen-bond acceptors (Lipinski definition) is 2. The first kappa shape index (κ1) is 5.69. The van der Waals surface area contributed by atoms with Crippen molar-refractivity contribution in [3.05, 3.63) is 0 Å². The Balaban J connectivity index is 2.55. The van der Waals surface area contributed by atoms with Crippen molar-refractivity contribution in [2.24, 2.45) is 5.10 Å². The van der Waals surface area contributed by atoms with E-state index < -0.39 is 0 Å². The molecule has 0 unspecified atom stereocenters. The zero-order valence-corrected chi connectivity index (χ0v) is 5.59. The predicted octanol–water partition coefficient (Wildman–Crippen LogP) is 1.07. The number of hydrazone groups is 1. The van der Waals surface area contributed by atoms with Crippen LogP contribution in [-0.4, -0.2) is 10.7 Å². The van der Waals surface area contributed by atoms with Crippen molar-refractivity contribution in [2.45, 2.75) is 19.8 Å². The molecule has 0 aromatic rings. The first-order valence-corrected chi connectivity index (χ1v) is 3.02. The number of nitrogens with zero attached hydrogens (tertiary/aromatic N) is 1. The van der Waals surface area contributed by atoms with Crippen LogP contribution in [0.2, 0.25) is 0 Å². The average molecular weight is 128 g/mol. The molecule has 0 amide bonds. The molecule has 0 spiro atoms. The van der Waals surface area contributed by atoms with Crippen molar-refractivity contribution in [2.75, 3.05) is 0 Å². The van der Waals surface area contributed by atoms with E-state index in [4.69, 9.17) is 12.2 Å². The van der Waals surface area contributed by atoms with Crippen LogP contribution in [0.3, 0.4) is 0 Å². The Morgan fingerprint density at radius 3 is 2.75 bits per heavy atom. The number of rotatable bonds is 0. The zero-order valence-electron chi connectivity index (χ0n) is 4.77. The van der Waals surface area contributed by atoms with Gasteiger partial charge in [-0.15, -0.1) is 0 Å². The van der Waals surface area contributed by atoms with Crippen molar-refractivity contribution in [1.29, 1.82) is 0 Å². The highest BCUT2D eigenvalue weighted by Crippen LogP contribution is 1.98. The SMILES string of the molecule is CC1=NNC(=S)CC1. The van der Waals surface area contributed by atoms with Crippen LogP contribution in [0.25, 0.3) is 0 Å². The van der Waals surface area contributed by atoms with Gasteiger partial charge < -0.3 is 0 Å². The summed E-state index contributed by atoms with van der Waals surface area (Å²) in [6.07, 6.45) is 1.98. The zero-order chi connectivity index (χ0) is 5.98. The van der Waals surface area contributed by atoms with Crippen LogP contribution < -0.4 is 5.43 Å². The van der Waals surface area contributed by atoms with Gasteiger partial charge in [-0.3, -0.25) is 5.43 Å². The molecular weight excluding hydrogens is 120 g/mol. The quantitative estimate of drug-likeness (QED) is 0.493. The van der Waals surface area contributed by atoms with Gasteiger partial charge in [-0.2, -0.15) is 5.10 Å². The van der Waals surface area contributed by atoms with E-state index >= 15 is 0 Å². The summed E-state index contributed by atoms with van der Waals surface area (Å²) in [5.41, 5.74) is 3.89. The maximum absolute atomic E-state index is 4.84. The van der Waals surface area contributed by atoms with Gasteiger partial charge in [-0.1, -0.05) is 12.2 Å². The predicted molar refractivity (Wildman–Crippen MR) is 38.1 cm³/mol. The van der Waals surface area contributed by atoms with Crippen LogP contribution in [0.15, 0.2) is 5.10 Å². The summed E-state index contributed by atoms with van der Waals surface area (Å²) in [6.45, 7) is 1.99. The highest BCUT2D eigenvalue weighted by molar-refractivity contribution is 7.80. The fraction of sp³-hybridized carbons (Fsp3) is 0.600. The van der Waals surface area contributed by atoms with Gasteiger partial charge in [-0.25, -0.2) is 0 Å². The topological polar surface area (TPSA) is 24.4 Å². The minimum atomic E-state index is 0.857. The van der Waals surface area contributed by atoms with E-state index in [-0.39, 0.29) is 0 Å². The second-order valence-corrected chi connectivity index (χ2v) is 2.37. The van der Waals surface area contributed by atoms with E-state index in [0.29, 0.717) is 0 Å². The van der Waals surface area contributed by atoms with Crippen LogP contribution in [0, 0.1) is 0 Å². The van der Waals surface area contributed by atoms with Gasteiger partial charge in [0.25, 0.3) is 0 Å². The highest BCUT2D eigenvalue weighted by Gasteiger charge is 2.02. The van der Waals surface area contributed by atoms with E-state index in [1.807, 2.05) is 6.92 Å². The lowest BCUT2D eigenvalue weighted by atomic mass is 10.2. The van der Waals surface area contributed by atoms with Crippen LogP contribution in [0.1, 0.15) is 19.8 Å². The molecule has 1 aliphatic rings. The third-order valence-electron chi connectivity index (χ3n) is 1.09. The molecule has 0 saturated carbocycles. The van der Waals surface area contributed by atoms with E-state index in [1.54, 1.807) is 0 Å². The lowest BCUT2D eigenvalue weighted by Crippen LogP contribution is -2.22. The molecule has 3 heteroatoms. The van der Waals surface area contributed by atoms with Crippen molar-refractivity contribution >= 4 is 22.9 Å². The molecule has 1 N–H and O–H groups in total. The summed E-state index contributed by atoms with van der Waals surface area (Å²) < 4.78 is 0. The van der Waals surface area contributed by atoms with Crippen molar-refractivity contribution in [3.63, 3.8) is 0 Å². The van der Waals surface area contributed by atoms with E-state index in [9.17, 15) is 0 Å². The summed E-state index contributed by atoms with van der Waals surface area (Å²) in [5.74, 6) is 0. The lowest BCUT2D eigenvalue weighted by molar-refractivity contribution is 0.922. The standard InChI is InChI=1S/C5H8N2S/c1-4-2-3-5(8)7-6-4/h2-3H2,1H3,(H,7,8). The van der Waals surface area contributed by atoms with Crippen molar-refractivity contribution in [1.82, 2.24) is 5.43 Å². The molecule has 0 aliphatic carbocycles. The summed E-state index contributed by atoms with van der Waals surface area (Å²) in [7, 11) is 0. The first-order valence-electron chi connectivity index (χ1n) is 2.61. The molecule has 0 radical (unpaired) electrons. The molecule has 0 fully saturated rings. The maximum Gasteiger partial charge on any atom is 0.0965 e. The summed E-state index contributed by atoms with van der Waals surface area (Å²) in [6, 6.07) is 0. The third-order valence-corrected chi connectivity index (χ3v) is 1.38. The van der Waals surface area contributed by atoms with Gasteiger partial charge >= 0.3 is 0 Å². The minimum Gasteiger partial charge on any atom is -0.272 e. The third kappa shape index (κ3) is 1.26. The second-order valence-electron chi connectivity index (χ2n) is 1.88. The van der Waals surface area contributed by atoms with E-state index in [2.05, 4.69) is 10.5 Å². The Labute approximate surface area is 54.0 Å². The van der Waals surface area contributed by atoms with Crippen molar-refractivity contribution in [3.8, 4) is 0 Å². The molecule has 0 aromatic carbocycles. The van der Waals surface area contributed by atoms with Gasteiger partial charge in [0, 0.05) is 12.1 Å². The van der Waals surface area contributed by atoms with Gasteiger partial charge in [-0.05, 0) is 13.3 Å². The molecule has 8 heavy (non-hydrogen) atoms. The lowest BCUT2D eigenvalue weighted by Gasteiger charge is -2.08. The Morgan fingerprint density at radius 2 is 2.38 bits per heavy atom. The Morgan fingerprint density at radius 1 is 1.62 bits per heavy atom. The van der Waals surface area contributed by atoms with Crippen LogP contribution in [-0.2, 0) is 0 Å². The molecule has 0 bridgehead atoms. The van der Waals surface area contributed by atoms with E-state index in [1.165, 1.54) is 0 Å². The molecule has 0 saturated heterocycles. The molecule has 44 valence electrons. The molecule has 1 rings (SSSR count). The molecule has 0 aromatic heterocycles. The Bertz CT molecular complexity index is 139. The second kappa shape index (κ2) is 2.22.